The maximum absolute atomic E-state index is 13.4. The molecule has 0 saturated heterocycles. The summed E-state index contributed by atoms with van der Waals surface area (Å²) in [5, 5.41) is 3.03. The highest BCUT2D eigenvalue weighted by molar-refractivity contribution is 5.77. The molecule has 0 heterocycles. The van der Waals surface area contributed by atoms with Gasteiger partial charge >= 0.3 is 0 Å². The molecule has 0 saturated carbocycles. The predicted octanol–water partition coefficient (Wildman–Crippen LogP) is 2.03. The second kappa shape index (κ2) is 7.74. The summed E-state index contributed by atoms with van der Waals surface area (Å²) in [6.07, 6.45) is 0. The third-order valence-electron chi connectivity index (χ3n) is 2.53. The Bertz CT molecular complexity index is 433. The van der Waals surface area contributed by atoms with Crippen molar-refractivity contribution < 1.29 is 9.13 Å². The van der Waals surface area contributed by atoms with Crippen molar-refractivity contribution in [3.05, 3.63) is 35.1 Å². The number of rotatable bonds is 6. The smallest absolute Gasteiger partial charge is 0.188 e. The van der Waals surface area contributed by atoms with Crippen molar-refractivity contribution in [3.8, 4) is 0 Å². The Morgan fingerprint density at radius 1 is 1.47 bits per heavy atom. The van der Waals surface area contributed by atoms with Crippen LogP contribution in [0.3, 0.4) is 0 Å². The number of ether oxygens (including phenoxy) is 1. The fourth-order valence-corrected chi connectivity index (χ4v) is 1.53. The minimum absolute atomic E-state index is 0.254. The summed E-state index contributed by atoms with van der Waals surface area (Å²) in [5.41, 5.74) is 7.17. The summed E-state index contributed by atoms with van der Waals surface area (Å²) >= 11 is 0. The van der Waals surface area contributed by atoms with E-state index < -0.39 is 0 Å². The van der Waals surface area contributed by atoms with Gasteiger partial charge < -0.3 is 15.8 Å². The van der Waals surface area contributed by atoms with Gasteiger partial charge in [-0.15, -0.1) is 0 Å². The van der Waals surface area contributed by atoms with Crippen LogP contribution in [0.4, 0.5) is 4.39 Å². The second-order valence-corrected chi connectivity index (χ2v) is 4.83. The lowest BCUT2D eigenvalue weighted by Gasteiger charge is -2.08. The molecule has 0 aliphatic rings. The Labute approximate surface area is 113 Å². The number of aliphatic imine (C=N–C) groups is 1. The summed E-state index contributed by atoms with van der Waals surface area (Å²) < 4.78 is 18.4. The van der Waals surface area contributed by atoms with Crippen molar-refractivity contribution in [2.75, 3.05) is 13.7 Å². The van der Waals surface area contributed by atoms with Crippen molar-refractivity contribution in [3.63, 3.8) is 0 Å². The Morgan fingerprint density at radius 2 is 2.21 bits per heavy atom. The SMILES string of the molecule is COCc1cc(CN=C(N)NCC(C)C)ccc1F. The highest BCUT2D eigenvalue weighted by Crippen LogP contribution is 2.12. The first kappa shape index (κ1) is 15.4. The van der Waals surface area contributed by atoms with E-state index >= 15 is 0 Å². The number of benzene rings is 1. The first-order chi connectivity index (χ1) is 9.02. The zero-order valence-corrected chi connectivity index (χ0v) is 11.7. The lowest BCUT2D eigenvalue weighted by molar-refractivity contribution is 0.181. The van der Waals surface area contributed by atoms with Crippen molar-refractivity contribution in [1.29, 1.82) is 0 Å². The molecular weight excluding hydrogens is 245 g/mol. The molecule has 0 aromatic heterocycles. The summed E-state index contributed by atoms with van der Waals surface area (Å²) in [7, 11) is 1.54. The molecule has 1 aromatic carbocycles. The molecule has 19 heavy (non-hydrogen) atoms. The van der Waals surface area contributed by atoms with Crippen molar-refractivity contribution >= 4 is 5.96 Å². The molecule has 1 rings (SSSR count). The zero-order chi connectivity index (χ0) is 14.3. The molecular formula is C14H22FN3O. The number of nitrogens with two attached hydrogens (primary N) is 1. The standard InChI is InChI=1S/C14H22FN3O/c1-10(2)7-17-14(16)18-8-11-4-5-13(15)12(6-11)9-19-3/h4-6,10H,7-9H2,1-3H3,(H3,16,17,18). The molecule has 3 N–H and O–H groups in total. The van der Waals surface area contributed by atoms with Crippen LogP contribution in [0.1, 0.15) is 25.0 Å². The van der Waals surface area contributed by atoms with E-state index in [0.717, 1.165) is 12.1 Å². The molecule has 0 unspecified atom stereocenters. The molecule has 0 spiro atoms. The van der Waals surface area contributed by atoms with Gasteiger partial charge in [-0.3, -0.25) is 0 Å². The third-order valence-corrected chi connectivity index (χ3v) is 2.53. The van der Waals surface area contributed by atoms with E-state index in [0.29, 0.717) is 24.0 Å². The van der Waals surface area contributed by atoms with E-state index in [1.165, 1.54) is 13.2 Å². The van der Waals surface area contributed by atoms with Gasteiger partial charge in [0, 0.05) is 19.2 Å². The van der Waals surface area contributed by atoms with Crippen molar-refractivity contribution in [2.24, 2.45) is 16.6 Å². The number of nitrogens with one attached hydrogen (secondary N) is 1. The Kier molecular flexibility index (Phi) is 6.29. The molecule has 106 valence electrons. The summed E-state index contributed by atoms with van der Waals surface area (Å²) in [4.78, 5) is 4.22. The maximum Gasteiger partial charge on any atom is 0.188 e. The van der Waals surface area contributed by atoms with Crippen LogP contribution in [-0.2, 0) is 17.9 Å². The van der Waals surface area contributed by atoms with Gasteiger partial charge in [0.1, 0.15) is 5.82 Å². The lowest BCUT2D eigenvalue weighted by Crippen LogP contribution is -2.34. The van der Waals surface area contributed by atoms with Crippen molar-refractivity contribution in [1.82, 2.24) is 5.32 Å². The highest BCUT2D eigenvalue weighted by Gasteiger charge is 2.03. The first-order valence-electron chi connectivity index (χ1n) is 6.33. The fraction of sp³-hybridized carbons (Fsp3) is 0.500. The van der Waals surface area contributed by atoms with Crippen molar-refractivity contribution in [2.45, 2.75) is 27.0 Å². The van der Waals surface area contributed by atoms with Gasteiger partial charge in [-0.25, -0.2) is 9.38 Å². The average molecular weight is 267 g/mol. The van der Waals surface area contributed by atoms with Crippen LogP contribution in [0, 0.1) is 11.7 Å². The Hall–Kier alpha value is -1.62. The fourth-order valence-electron chi connectivity index (χ4n) is 1.53. The van der Waals surface area contributed by atoms with Gasteiger partial charge in [0.2, 0.25) is 0 Å². The normalized spacial score (nSPS) is 11.9. The van der Waals surface area contributed by atoms with Crippen LogP contribution in [-0.4, -0.2) is 19.6 Å². The molecule has 0 fully saturated rings. The summed E-state index contributed by atoms with van der Waals surface area (Å²) in [5.74, 6) is 0.652. The quantitative estimate of drug-likeness (QED) is 0.612. The van der Waals surface area contributed by atoms with Gasteiger partial charge in [0.25, 0.3) is 0 Å². The monoisotopic (exact) mass is 267 g/mol. The Morgan fingerprint density at radius 3 is 2.84 bits per heavy atom. The molecule has 0 amide bonds. The van der Waals surface area contributed by atoms with Gasteiger partial charge in [-0.05, 0) is 23.6 Å². The van der Waals surface area contributed by atoms with Crippen LogP contribution >= 0.6 is 0 Å². The maximum atomic E-state index is 13.4. The van der Waals surface area contributed by atoms with Gasteiger partial charge in [-0.2, -0.15) is 0 Å². The third kappa shape index (κ3) is 5.70. The zero-order valence-electron chi connectivity index (χ0n) is 11.7. The van der Waals surface area contributed by atoms with E-state index in [-0.39, 0.29) is 12.4 Å². The molecule has 0 bridgehead atoms. The molecule has 0 aliphatic carbocycles. The van der Waals surface area contributed by atoms with Crippen LogP contribution in [0.5, 0.6) is 0 Å². The van der Waals surface area contributed by atoms with Gasteiger partial charge in [0.15, 0.2) is 5.96 Å². The van der Waals surface area contributed by atoms with E-state index in [1.54, 1.807) is 12.1 Å². The van der Waals surface area contributed by atoms with Crippen LogP contribution < -0.4 is 11.1 Å². The highest BCUT2D eigenvalue weighted by atomic mass is 19.1. The number of hydrogen-bond acceptors (Lipinski definition) is 2. The van der Waals surface area contributed by atoms with Crippen LogP contribution in [0.2, 0.25) is 0 Å². The minimum Gasteiger partial charge on any atom is -0.380 e. The predicted molar refractivity (Wildman–Crippen MR) is 75.3 cm³/mol. The van der Waals surface area contributed by atoms with Gasteiger partial charge in [0.05, 0.1) is 13.2 Å². The lowest BCUT2D eigenvalue weighted by atomic mass is 10.1. The number of halogens is 1. The largest absolute Gasteiger partial charge is 0.380 e. The molecule has 0 aliphatic heterocycles. The Balaban J connectivity index is 2.61. The molecule has 5 heteroatoms. The van der Waals surface area contributed by atoms with Gasteiger partial charge in [-0.1, -0.05) is 19.9 Å². The first-order valence-corrected chi connectivity index (χ1v) is 6.33. The number of nitrogens with zero attached hydrogens (tertiary/aromatic N) is 1. The molecule has 0 atom stereocenters. The molecule has 0 radical (unpaired) electrons. The van der Waals surface area contributed by atoms with E-state index in [1.807, 2.05) is 0 Å². The average Bonchev–Trinajstić information content (AvgIpc) is 2.37. The topological polar surface area (TPSA) is 59.6 Å². The van der Waals surface area contributed by atoms with Crippen LogP contribution in [0.25, 0.3) is 0 Å². The van der Waals surface area contributed by atoms with E-state index in [2.05, 4.69) is 24.2 Å². The summed E-state index contributed by atoms with van der Waals surface area (Å²) in [6.45, 7) is 5.65. The van der Waals surface area contributed by atoms with E-state index in [4.69, 9.17) is 10.5 Å². The second-order valence-electron chi connectivity index (χ2n) is 4.83. The minimum atomic E-state index is -0.263. The number of hydrogen-bond donors (Lipinski definition) is 2. The number of guanidine groups is 1. The number of methoxy groups -OCH3 is 1. The molecule has 4 nitrogen and oxygen atoms in total. The van der Waals surface area contributed by atoms with E-state index in [9.17, 15) is 4.39 Å². The summed E-state index contributed by atoms with van der Waals surface area (Å²) in [6, 6.07) is 4.88. The molecule has 1 aromatic rings. The van der Waals surface area contributed by atoms with Crippen LogP contribution in [0.15, 0.2) is 23.2 Å².